The molecule has 1 N–H and O–H groups in total. The van der Waals surface area contributed by atoms with Gasteiger partial charge in [-0.3, -0.25) is 4.68 Å². The van der Waals surface area contributed by atoms with Gasteiger partial charge in [0.1, 0.15) is 0 Å². The summed E-state index contributed by atoms with van der Waals surface area (Å²) in [5, 5.41) is 8.07. The number of aryl methyl sites for hydroxylation is 1. The first kappa shape index (κ1) is 14.7. The van der Waals surface area contributed by atoms with Gasteiger partial charge in [-0.05, 0) is 41.2 Å². The van der Waals surface area contributed by atoms with Crippen molar-refractivity contribution in [2.45, 2.75) is 53.1 Å². The van der Waals surface area contributed by atoms with E-state index in [1.165, 1.54) is 5.69 Å². The first-order chi connectivity index (χ1) is 8.11. The first-order valence-corrected chi connectivity index (χ1v) is 7.35. The highest BCUT2D eigenvalue weighted by Gasteiger charge is 2.22. The molecule has 1 unspecified atom stereocenters. The van der Waals surface area contributed by atoms with Crippen molar-refractivity contribution in [2.24, 2.45) is 5.92 Å². The number of nitrogens with one attached hydrogen (secondary N) is 1. The van der Waals surface area contributed by atoms with Gasteiger partial charge in [-0.25, -0.2) is 0 Å². The second-order valence-corrected chi connectivity index (χ2v) is 5.63. The summed E-state index contributed by atoms with van der Waals surface area (Å²) in [5.74, 6) is 0.560. The fourth-order valence-corrected chi connectivity index (χ4v) is 2.56. The van der Waals surface area contributed by atoms with E-state index in [0.717, 1.165) is 30.4 Å². The fourth-order valence-electron chi connectivity index (χ4n) is 2.02. The summed E-state index contributed by atoms with van der Waals surface area (Å²) in [7, 11) is 0. The zero-order chi connectivity index (χ0) is 12.8. The smallest absolute Gasteiger partial charge is 0.0698 e. The molecule has 1 atom stereocenters. The molecule has 0 aliphatic heterocycles. The first-order valence-electron chi connectivity index (χ1n) is 6.56. The standard InChI is InChI=1S/C13H24BrN3/c1-5-7-15-12(10(3)4)13-11(14)9-16-17(13)8-6-2/h9-10,12,15H,5-8H2,1-4H3. The quantitative estimate of drug-likeness (QED) is 0.831. The van der Waals surface area contributed by atoms with Crippen LogP contribution in [-0.2, 0) is 6.54 Å². The van der Waals surface area contributed by atoms with Crippen LogP contribution in [0.1, 0.15) is 52.3 Å². The third-order valence-corrected chi connectivity index (χ3v) is 3.46. The van der Waals surface area contributed by atoms with Gasteiger partial charge in [-0.15, -0.1) is 0 Å². The molecular weight excluding hydrogens is 278 g/mol. The largest absolute Gasteiger partial charge is 0.308 e. The Morgan fingerprint density at radius 1 is 1.35 bits per heavy atom. The molecule has 0 spiro atoms. The van der Waals surface area contributed by atoms with E-state index in [-0.39, 0.29) is 0 Å². The van der Waals surface area contributed by atoms with Crippen LogP contribution in [0, 0.1) is 5.92 Å². The van der Waals surface area contributed by atoms with Crippen molar-refractivity contribution in [2.75, 3.05) is 6.54 Å². The molecule has 3 nitrogen and oxygen atoms in total. The van der Waals surface area contributed by atoms with Crippen LogP contribution >= 0.6 is 15.9 Å². The number of halogens is 1. The minimum absolute atomic E-state index is 0.373. The highest BCUT2D eigenvalue weighted by atomic mass is 79.9. The molecule has 0 aliphatic carbocycles. The van der Waals surface area contributed by atoms with Crippen LogP contribution in [0.2, 0.25) is 0 Å². The molecule has 0 saturated carbocycles. The minimum atomic E-state index is 0.373. The van der Waals surface area contributed by atoms with E-state index in [1.54, 1.807) is 0 Å². The van der Waals surface area contributed by atoms with E-state index in [2.05, 4.69) is 58.7 Å². The SMILES string of the molecule is CCCNC(c1c(Br)cnn1CCC)C(C)C. The Bertz CT molecular complexity index is 333. The van der Waals surface area contributed by atoms with E-state index in [1.807, 2.05) is 6.20 Å². The monoisotopic (exact) mass is 301 g/mol. The Labute approximate surface area is 113 Å². The summed E-state index contributed by atoms with van der Waals surface area (Å²) in [5.41, 5.74) is 1.29. The van der Waals surface area contributed by atoms with Crippen molar-refractivity contribution in [3.05, 3.63) is 16.4 Å². The molecule has 0 aromatic carbocycles. The van der Waals surface area contributed by atoms with Gasteiger partial charge in [0.15, 0.2) is 0 Å². The molecule has 1 aromatic rings. The Morgan fingerprint density at radius 2 is 2.06 bits per heavy atom. The molecular formula is C13H24BrN3. The van der Waals surface area contributed by atoms with Crippen molar-refractivity contribution < 1.29 is 0 Å². The molecule has 0 fully saturated rings. The summed E-state index contributed by atoms with van der Waals surface area (Å²) in [6.45, 7) is 10.9. The molecule has 4 heteroatoms. The average molecular weight is 302 g/mol. The number of rotatable bonds is 7. The third-order valence-electron chi connectivity index (χ3n) is 2.84. The van der Waals surface area contributed by atoms with Crippen LogP contribution in [0.4, 0.5) is 0 Å². The van der Waals surface area contributed by atoms with Gasteiger partial charge in [0.05, 0.1) is 22.4 Å². The van der Waals surface area contributed by atoms with Gasteiger partial charge in [-0.1, -0.05) is 27.7 Å². The van der Waals surface area contributed by atoms with Gasteiger partial charge in [0.25, 0.3) is 0 Å². The maximum Gasteiger partial charge on any atom is 0.0698 e. The summed E-state index contributed by atoms with van der Waals surface area (Å²) >= 11 is 3.62. The van der Waals surface area contributed by atoms with Crippen molar-refractivity contribution in [1.29, 1.82) is 0 Å². The lowest BCUT2D eigenvalue weighted by molar-refractivity contribution is 0.380. The molecule has 1 heterocycles. The summed E-state index contributed by atoms with van der Waals surface area (Å²) in [6.07, 6.45) is 4.18. The lowest BCUT2D eigenvalue weighted by Crippen LogP contribution is -2.29. The molecule has 0 saturated heterocycles. The van der Waals surface area contributed by atoms with Crippen molar-refractivity contribution in [3.8, 4) is 0 Å². The van der Waals surface area contributed by atoms with Crippen LogP contribution in [0.5, 0.6) is 0 Å². The number of hydrogen-bond acceptors (Lipinski definition) is 2. The normalized spacial score (nSPS) is 13.3. The highest BCUT2D eigenvalue weighted by molar-refractivity contribution is 9.10. The Balaban J connectivity index is 2.95. The molecule has 1 aromatic heterocycles. The molecule has 98 valence electrons. The highest BCUT2D eigenvalue weighted by Crippen LogP contribution is 2.28. The van der Waals surface area contributed by atoms with Crippen LogP contribution < -0.4 is 5.32 Å². The zero-order valence-corrected chi connectivity index (χ0v) is 12.9. The van der Waals surface area contributed by atoms with E-state index in [4.69, 9.17) is 0 Å². The van der Waals surface area contributed by atoms with Gasteiger partial charge in [-0.2, -0.15) is 5.10 Å². The summed E-state index contributed by atoms with van der Waals surface area (Å²) < 4.78 is 3.24. The molecule has 0 aliphatic rings. The summed E-state index contributed by atoms with van der Waals surface area (Å²) in [4.78, 5) is 0. The number of aromatic nitrogens is 2. The Kier molecular flexibility index (Phi) is 6.20. The summed E-state index contributed by atoms with van der Waals surface area (Å²) in [6, 6.07) is 0.373. The van der Waals surface area contributed by atoms with Gasteiger partial charge in [0, 0.05) is 6.54 Å². The molecule has 0 amide bonds. The van der Waals surface area contributed by atoms with Crippen molar-refractivity contribution in [1.82, 2.24) is 15.1 Å². The van der Waals surface area contributed by atoms with Gasteiger partial charge < -0.3 is 5.32 Å². The van der Waals surface area contributed by atoms with Crippen molar-refractivity contribution in [3.63, 3.8) is 0 Å². The third kappa shape index (κ3) is 3.81. The van der Waals surface area contributed by atoms with E-state index in [0.29, 0.717) is 12.0 Å². The van der Waals surface area contributed by atoms with Crippen LogP contribution in [0.25, 0.3) is 0 Å². The second-order valence-electron chi connectivity index (χ2n) is 4.78. The Morgan fingerprint density at radius 3 is 2.59 bits per heavy atom. The predicted octanol–water partition coefficient (Wildman–Crippen LogP) is 3.75. The van der Waals surface area contributed by atoms with Crippen LogP contribution in [-0.4, -0.2) is 16.3 Å². The molecule has 0 bridgehead atoms. The molecule has 0 radical (unpaired) electrons. The maximum atomic E-state index is 4.45. The van der Waals surface area contributed by atoms with Crippen LogP contribution in [0.3, 0.4) is 0 Å². The second kappa shape index (κ2) is 7.17. The lowest BCUT2D eigenvalue weighted by atomic mass is 10.0. The lowest BCUT2D eigenvalue weighted by Gasteiger charge is -2.24. The maximum absolute atomic E-state index is 4.45. The fraction of sp³-hybridized carbons (Fsp3) is 0.769. The van der Waals surface area contributed by atoms with E-state index >= 15 is 0 Å². The number of hydrogen-bond donors (Lipinski definition) is 1. The number of nitrogens with zero attached hydrogens (tertiary/aromatic N) is 2. The average Bonchev–Trinajstić information content (AvgIpc) is 2.62. The van der Waals surface area contributed by atoms with E-state index < -0.39 is 0 Å². The predicted molar refractivity (Wildman–Crippen MR) is 76.1 cm³/mol. The van der Waals surface area contributed by atoms with Crippen LogP contribution in [0.15, 0.2) is 10.7 Å². The van der Waals surface area contributed by atoms with Gasteiger partial charge in [0.2, 0.25) is 0 Å². The van der Waals surface area contributed by atoms with E-state index in [9.17, 15) is 0 Å². The van der Waals surface area contributed by atoms with Gasteiger partial charge >= 0.3 is 0 Å². The molecule has 17 heavy (non-hydrogen) atoms. The zero-order valence-electron chi connectivity index (χ0n) is 11.3. The minimum Gasteiger partial charge on any atom is -0.308 e. The Hall–Kier alpha value is -0.350. The topological polar surface area (TPSA) is 29.9 Å². The van der Waals surface area contributed by atoms with Crippen molar-refractivity contribution >= 4 is 15.9 Å². The molecule has 1 rings (SSSR count).